The summed E-state index contributed by atoms with van der Waals surface area (Å²) in [6.45, 7) is 6.52. The number of rotatable bonds is 7. The van der Waals surface area contributed by atoms with Gasteiger partial charge in [-0.1, -0.05) is 25.2 Å². The Morgan fingerprint density at radius 2 is 2.28 bits per heavy atom. The molecule has 6 nitrogen and oxygen atoms in total. The highest BCUT2D eigenvalue weighted by Gasteiger charge is 2.08. The highest BCUT2D eigenvalue weighted by molar-refractivity contribution is 7.14. The lowest BCUT2D eigenvalue weighted by atomic mass is 10.2. The molecule has 0 aromatic carbocycles. The molecule has 0 unspecified atom stereocenters. The van der Waals surface area contributed by atoms with Crippen molar-refractivity contribution in [3.8, 4) is 10.7 Å². The van der Waals surface area contributed by atoms with Gasteiger partial charge in [-0.15, -0.1) is 10.2 Å². The third-order valence-electron chi connectivity index (χ3n) is 2.40. The van der Waals surface area contributed by atoms with Crippen molar-refractivity contribution in [1.29, 1.82) is 0 Å². The molecule has 0 atom stereocenters. The first kappa shape index (κ1) is 13.1. The standard InChI is InChI=1S/C11H18N6S/c1-8(2)6-12-5-3-4-10-15-16-11(18-10)9-7-13-17-14-9/h7-8,12H,3-6H2,1-2H3,(H,13,14,17). The molecule has 2 aromatic heterocycles. The van der Waals surface area contributed by atoms with E-state index in [0.717, 1.165) is 41.6 Å². The van der Waals surface area contributed by atoms with Crippen LogP contribution < -0.4 is 5.32 Å². The van der Waals surface area contributed by atoms with Crippen molar-refractivity contribution in [2.75, 3.05) is 13.1 Å². The van der Waals surface area contributed by atoms with Crippen molar-refractivity contribution < 1.29 is 0 Å². The first-order valence-corrected chi connectivity index (χ1v) is 6.96. The zero-order valence-corrected chi connectivity index (χ0v) is 11.5. The van der Waals surface area contributed by atoms with E-state index >= 15 is 0 Å². The second-order valence-electron chi connectivity index (χ2n) is 4.56. The van der Waals surface area contributed by atoms with Gasteiger partial charge in [0.15, 0.2) is 5.01 Å². The normalized spacial score (nSPS) is 11.3. The Labute approximate surface area is 110 Å². The van der Waals surface area contributed by atoms with Crippen molar-refractivity contribution in [3.63, 3.8) is 0 Å². The fourth-order valence-electron chi connectivity index (χ4n) is 1.52. The molecule has 2 aromatic rings. The number of nitrogens with one attached hydrogen (secondary N) is 2. The van der Waals surface area contributed by atoms with E-state index in [9.17, 15) is 0 Å². The van der Waals surface area contributed by atoms with E-state index in [1.807, 2.05) is 0 Å². The van der Waals surface area contributed by atoms with Crippen molar-refractivity contribution in [2.24, 2.45) is 5.92 Å². The van der Waals surface area contributed by atoms with Crippen LogP contribution in [0.3, 0.4) is 0 Å². The highest BCUT2D eigenvalue weighted by Crippen LogP contribution is 2.20. The van der Waals surface area contributed by atoms with E-state index in [2.05, 4.69) is 44.8 Å². The van der Waals surface area contributed by atoms with Gasteiger partial charge in [0.25, 0.3) is 0 Å². The SMILES string of the molecule is CC(C)CNCCCc1nnc(-c2cn[nH]n2)s1. The molecule has 0 saturated heterocycles. The number of hydrogen-bond donors (Lipinski definition) is 2. The third-order valence-corrected chi connectivity index (χ3v) is 3.40. The molecule has 2 rings (SSSR count). The van der Waals surface area contributed by atoms with Gasteiger partial charge in [0.2, 0.25) is 0 Å². The van der Waals surface area contributed by atoms with Gasteiger partial charge >= 0.3 is 0 Å². The number of aryl methyl sites for hydroxylation is 1. The molecule has 0 saturated carbocycles. The molecule has 0 aliphatic rings. The molecule has 0 aliphatic heterocycles. The van der Waals surface area contributed by atoms with Crippen LogP contribution >= 0.6 is 11.3 Å². The Bertz CT molecular complexity index is 450. The maximum absolute atomic E-state index is 4.16. The molecule has 0 bridgehead atoms. The minimum Gasteiger partial charge on any atom is -0.316 e. The molecular formula is C11H18N6S. The molecule has 0 aliphatic carbocycles. The summed E-state index contributed by atoms with van der Waals surface area (Å²) in [5.41, 5.74) is 0.761. The smallest absolute Gasteiger partial charge is 0.169 e. The van der Waals surface area contributed by atoms with E-state index in [1.165, 1.54) is 0 Å². The van der Waals surface area contributed by atoms with Gasteiger partial charge in [0.1, 0.15) is 10.7 Å². The number of H-pyrrole nitrogens is 1. The third kappa shape index (κ3) is 3.85. The van der Waals surface area contributed by atoms with E-state index in [4.69, 9.17) is 0 Å². The number of nitrogens with zero attached hydrogens (tertiary/aromatic N) is 4. The van der Waals surface area contributed by atoms with E-state index < -0.39 is 0 Å². The van der Waals surface area contributed by atoms with Crippen LogP contribution in [0.5, 0.6) is 0 Å². The minimum absolute atomic E-state index is 0.699. The Kier molecular flexibility index (Phi) is 4.77. The largest absolute Gasteiger partial charge is 0.316 e. The highest BCUT2D eigenvalue weighted by atomic mass is 32.1. The van der Waals surface area contributed by atoms with Crippen LogP contribution in [0.4, 0.5) is 0 Å². The number of aromatic amines is 1. The Hall–Kier alpha value is -1.34. The lowest BCUT2D eigenvalue weighted by Crippen LogP contribution is -2.21. The zero-order chi connectivity index (χ0) is 12.8. The van der Waals surface area contributed by atoms with Gasteiger partial charge in [-0.05, 0) is 25.4 Å². The van der Waals surface area contributed by atoms with Gasteiger partial charge in [-0.3, -0.25) is 0 Å². The lowest BCUT2D eigenvalue weighted by Gasteiger charge is -2.05. The van der Waals surface area contributed by atoms with E-state index in [-0.39, 0.29) is 0 Å². The maximum atomic E-state index is 4.16. The first-order valence-electron chi connectivity index (χ1n) is 6.15. The molecule has 0 fully saturated rings. The zero-order valence-electron chi connectivity index (χ0n) is 10.7. The van der Waals surface area contributed by atoms with Crippen LogP contribution in [0.25, 0.3) is 10.7 Å². The van der Waals surface area contributed by atoms with Crippen molar-refractivity contribution in [1.82, 2.24) is 30.9 Å². The molecule has 2 N–H and O–H groups in total. The minimum atomic E-state index is 0.699. The monoisotopic (exact) mass is 266 g/mol. The summed E-state index contributed by atoms with van der Waals surface area (Å²) in [4.78, 5) is 0. The molecule has 0 amide bonds. The molecule has 0 spiro atoms. The van der Waals surface area contributed by atoms with E-state index in [0.29, 0.717) is 5.92 Å². The second kappa shape index (κ2) is 6.55. The summed E-state index contributed by atoms with van der Waals surface area (Å²) < 4.78 is 0. The Morgan fingerprint density at radius 1 is 1.39 bits per heavy atom. The number of aromatic nitrogens is 5. The fraction of sp³-hybridized carbons (Fsp3) is 0.636. The second-order valence-corrected chi connectivity index (χ2v) is 5.62. The summed E-state index contributed by atoms with van der Waals surface area (Å²) in [7, 11) is 0. The molecule has 0 radical (unpaired) electrons. The summed E-state index contributed by atoms with van der Waals surface area (Å²) in [5.74, 6) is 0.699. The van der Waals surface area contributed by atoms with Gasteiger partial charge in [-0.2, -0.15) is 15.4 Å². The van der Waals surface area contributed by atoms with Crippen molar-refractivity contribution in [2.45, 2.75) is 26.7 Å². The number of hydrogen-bond acceptors (Lipinski definition) is 6. The molecule has 98 valence electrons. The fourth-order valence-corrected chi connectivity index (χ4v) is 2.35. The van der Waals surface area contributed by atoms with E-state index in [1.54, 1.807) is 17.5 Å². The molecule has 2 heterocycles. The van der Waals surface area contributed by atoms with Gasteiger partial charge in [-0.25, -0.2) is 0 Å². The predicted octanol–water partition coefficient (Wildman–Crippen LogP) is 1.50. The van der Waals surface area contributed by atoms with Crippen LogP contribution in [0.2, 0.25) is 0 Å². The average Bonchev–Trinajstić information content (AvgIpc) is 2.98. The van der Waals surface area contributed by atoms with Crippen LogP contribution in [-0.2, 0) is 6.42 Å². The maximum Gasteiger partial charge on any atom is 0.169 e. The summed E-state index contributed by atoms with van der Waals surface area (Å²) in [5, 5.41) is 23.9. The van der Waals surface area contributed by atoms with Crippen LogP contribution in [-0.4, -0.2) is 38.7 Å². The summed E-state index contributed by atoms with van der Waals surface area (Å²) in [6.07, 6.45) is 3.70. The van der Waals surface area contributed by atoms with Crippen molar-refractivity contribution in [3.05, 3.63) is 11.2 Å². The molecular weight excluding hydrogens is 248 g/mol. The van der Waals surface area contributed by atoms with Gasteiger partial charge in [0.05, 0.1) is 6.20 Å². The molecule has 7 heteroatoms. The Balaban J connectivity index is 1.74. The Morgan fingerprint density at radius 3 is 3.00 bits per heavy atom. The van der Waals surface area contributed by atoms with Crippen LogP contribution in [0, 0.1) is 5.92 Å². The summed E-state index contributed by atoms with van der Waals surface area (Å²) in [6, 6.07) is 0. The predicted molar refractivity (Wildman–Crippen MR) is 71.3 cm³/mol. The van der Waals surface area contributed by atoms with Crippen LogP contribution in [0.15, 0.2) is 6.20 Å². The molecule has 18 heavy (non-hydrogen) atoms. The van der Waals surface area contributed by atoms with Crippen molar-refractivity contribution >= 4 is 11.3 Å². The lowest BCUT2D eigenvalue weighted by molar-refractivity contribution is 0.542. The van der Waals surface area contributed by atoms with Crippen LogP contribution in [0.1, 0.15) is 25.3 Å². The van der Waals surface area contributed by atoms with Gasteiger partial charge < -0.3 is 5.32 Å². The topological polar surface area (TPSA) is 79.4 Å². The summed E-state index contributed by atoms with van der Waals surface area (Å²) >= 11 is 1.58. The van der Waals surface area contributed by atoms with Gasteiger partial charge in [0, 0.05) is 6.42 Å². The average molecular weight is 266 g/mol. The first-order chi connectivity index (χ1) is 8.75. The quantitative estimate of drug-likeness (QED) is 0.742.